The van der Waals surface area contributed by atoms with Crippen LogP contribution in [0.25, 0.3) is 0 Å². The van der Waals surface area contributed by atoms with Crippen LogP contribution in [0.5, 0.6) is 0 Å². The molecular formula is C11H14BrN3O2. The van der Waals surface area contributed by atoms with Crippen LogP contribution >= 0.6 is 15.9 Å². The van der Waals surface area contributed by atoms with Gasteiger partial charge in [0.05, 0.1) is 5.69 Å². The van der Waals surface area contributed by atoms with Gasteiger partial charge in [-0.15, -0.1) is 0 Å². The van der Waals surface area contributed by atoms with Crippen molar-refractivity contribution < 1.29 is 9.59 Å². The maximum Gasteiger partial charge on any atom is 0.239 e. The van der Waals surface area contributed by atoms with Gasteiger partial charge in [-0.1, -0.05) is 22.0 Å². The summed E-state index contributed by atoms with van der Waals surface area (Å²) < 4.78 is 0.821. The van der Waals surface area contributed by atoms with Crippen LogP contribution in [0, 0.1) is 6.92 Å². The van der Waals surface area contributed by atoms with Gasteiger partial charge in [0.25, 0.3) is 0 Å². The predicted octanol–water partition coefficient (Wildman–Crippen LogP) is 1.20. The van der Waals surface area contributed by atoms with E-state index in [9.17, 15) is 9.59 Å². The molecule has 0 radical (unpaired) electrons. The molecule has 1 rings (SSSR count). The number of benzene rings is 1. The number of anilines is 1. The Balaban J connectivity index is 3.34. The fraction of sp³-hybridized carbons (Fsp3) is 0.273. The summed E-state index contributed by atoms with van der Waals surface area (Å²) in [5.41, 5.74) is 12.7. The van der Waals surface area contributed by atoms with Gasteiger partial charge in [-0.2, -0.15) is 0 Å². The Morgan fingerprint density at radius 1 is 1.41 bits per heavy atom. The molecule has 1 aromatic carbocycles. The van der Waals surface area contributed by atoms with E-state index in [0.29, 0.717) is 11.3 Å². The Kier molecular flexibility index (Phi) is 4.25. The van der Waals surface area contributed by atoms with Gasteiger partial charge in [-0.25, -0.2) is 0 Å². The zero-order valence-corrected chi connectivity index (χ0v) is 11.2. The van der Waals surface area contributed by atoms with Crippen molar-refractivity contribution in [1.82, 2.24) is 0 Å². The SMILES string of the molecule is CC(=O)Nc1c(C(N)C(N)=O)ccc(Br)c1C. The molecule has 1 aromatic rings. The first kappa shape index (κ1) is 13.7. The summed E-state index contributed by atoms with van der Waals surface area (Å²) in [6, 6.07) is 2.49. The molecule has 0 heterocycles. The van der Waals surface area contributed by atoms with E-state index in [2.05, 4.69) is 21.2 Å². The zero-order chi connectivity index (χ0) is 13.2. The highest BCUT2D eigenvalue weighted by Crippen LogP contribution is 2.30. The lowest BCUT2D eigenvalue weighted by molar-refractivity contribution is -0.119. The van der Waals surface area contributed by atoms with Crippen LogP contribution in [-0.4, -0.2) is 11.8 Å². The van der Waals surface area contributed by atoms with Crippen LogP contribution in [0.4, 0.5) is 5.69 Å². The van der Waals surface area contributed by atoms with Gasteiger partial charge in [0.15, 0.2) is 0 Å². The van der Waals surface area contributed by atoms with Crippen molar-refractivity contribution in [3.05, 3.63) is 27.7 Å². The van der Waals surface area contributed by atoms with Crippen LogP contribution in [0.1, 0.15) is 24.1 Å². The standard InChI is InChI=1S/C11H14BrN3O2/c1-5-8(12)4-3-7(9(13)11(14)17)10(5)15-6(2)16/h3-4,9H,13H2,1-2H3,(H2,14,17)(H,15,16). The van der Waals surface area contributed by atoms with Gasteiger partial charge in [-0.05, 0) is 18.6 Å². The molecule has 0 saturated heterocycles. The van der Waals surface area contributed by atoms with Crippen molar-refractivity contribution in [2.45, 2.75) is 19.9 Å². The highest BCUT2D eigenvalue weighted by Gasteiger charge is 2.19. The number of hydrogen-bond acceptors (Lipinski definition) is 3. The second-order valence-electron chi connectivity index (χ2n) is 3.70. The second-order valence-corrected chi connectivity index (χ2v) is 4.55. The van der Waals surface area contributed by atoms with Crippen LogP contribution in [0.3, 0.4) is 0 Å². The topological polar surface area (TPSA) is 98.2 Å². The Morgan fingerprint density at radius 3 is 2.47 bits per heavy atom. The van der Waals surface area contributed by atoms with Crippen molar-refractivity contribution in [1.29, 1.82) is 0 Å². The minimum Gasteiger partial charge on any atom is -0.368 e. The molecule has 0 aliphatic carbocycles. The molecule has 17 heavy (non-hydrogen) atoms. The largest absolute Gasteiger partial charge is 0.368 e. The van der Waals surface area contributed by atoms with Crippen molar-refractivity contribution in [2.75, 3.05) is 5.32 Å². The number of carbonyl (C=O) groups excluding carboxylic acids is 2. The van der Waals surface area contributed by atoms with Crippen LogP contribution in [0.2, 0.25) is 0 Å². The normalized spacial score (nSPS) is 12.0. The number of amides is 2. The van der Waals surface area contributed by atoms with Crippen molar-refractivity contribution >= 4 is 33.4 Å². The third-order valence-electron chi connectivity index (χ3n) is 2.37. The molecular weight excluding hydrogens is 286 g/mol. The van der Waals surface area contributed by atoms with Crippen molar-refractivity contribution in [2.24, 2.45) is 11.5 Å². The molecule has 0 fully saturated rings. The summed E-state index contributed by atoms with van der Waals surface area (Å²) in [5, 5.41) is 2.66. The smallest absolute Gasteiger partial charge is 0.239 e. The molecule has 0 saturated carbocycles. The maximum absolute atomic E-state index is 11.1. The summed E-state index contributed by atoms with van der Waals surface area (Å²) in [6.07, 6.45) is 0. The molecule has 0 aliphatic rings. The molecule has 0 spiro atoms. The van der Waals surface area contributed by atoms with E-state index in [0.717, 1.165) is 10.0 Å². The molecule has 6 heteroatoms. The molecule has 1 unspecified atom stereocenters. The first-order valence-electron chi connectivity index (χ1n) is 4.96. The van der Waals surface area contributed by atoms with Crippen LogP contribution < -0.4 is 16.8 Å². The average molecular weight is 300 g/mol. The van der Waals surface area contributed by atoms with Gasteiger partial charge < -0.3 is 16.8 Å². The summed E-state index contributed by atoms with van der Waals surface area (Å²) >= 11 is 3.35. The van der Waals surface area contributed by atoms with Gasteiger partial charge in [-0.3, -0.25) is 9.59 Å². The molecule has 5 N–H and O–H groups in total. The number of nitrogens with two attached hydrogens (primary N) is 2. The first-order valence-corrected chi connectivity index (χ1v) is 5.75. The zero-order valence-electron chi connectivity index (χ0n) is 9.58. The van der Waals surface area contributed by atoms with Gasteiger partial charge in [0, 0.05) is 17.0 Å². The van der Waals surface area contributed by atoms with Gasteiger partial charge in [0.2, 0.25) is 11.8 Å². The first-order chi connectivity index (χ1) is 7.84. The van der Waals surface area contributed by atoms with E-state index < -0.39 is 11.9 Å². The van der Waals surface area contributed by atoms with Gasteiger partial charge >= 0.3 is 0 Å². The minimum absolute atomic E-state index is 0.232. The summed E-state index contributed by atoms with van der Waals surface area (Å²) in [6.45, 7) is 3.20. The van der Waals surface area contributed by atoms with E-state index in [1.54, 1.807) is 12.1 Å². The van der Waals surface area contributed by atoms with Crippen molar-refractivity contribution in [3.8, 4) is 0 Å². The van der Waals surface area contributed by atoms with Crippen LogP contribution in [0.15, 0.2) is 16.6 Å². The monoisotopic (exact) mass is 299 g/mol. The summed E-state index contributed by atoms with van der Waals surface area (Å²) in [4.78, 5) is 22.2. The average Bonchev–Trinajstić information content (AvgIpc) is 2.23. The third kappa shape index (κ3) is 3.04. The van der Waals surface area contributed by atoms with Crippen LogP contribution in [-0.2, 0) is 9.59 Å². The van der Waals surface area contributed by atoms with Crippen molar-refractivity contribution in [3.63, 3.8) is 0 Å². The summed E-state index contributed by atoms with van der Waals surface area (Å²) in [5.74, 6) is -0.873. The van der Waals surface area contributed by atoms with E-state index in [1.165, 1.54) is 6.92 Å². The lowest BCUT2D eigenvalue weighted by atomic mass is 10.0. The predicted molar refractivity (Wildman–Crippen MR) is 69.3 cm³/mol. The highest BCUT2D eigenvalue weighted by molar-refractivity contribution is 9.10. The number of rotatable bonds is 3. The van der Waals surface area contributed by atoms with Gasteiger partial charge in [0.1, 0.15) is 6.04 Å². The molecule has 0 aromatic heterocycles. The number of carbonyl (C=O) groups is 2. The minimum atomic E-state index is -0.941. The number of nitrogens with one attached hydrogen (secondary N) is 1. The quantitative estimate of drug-likeness (QED) is 0.782. The lowest BCUT2D eigenvalue weighted by Gasteiger charge is -2.17. The molecule has 0 bridgehead atoms. The van der Waals surface area contributed by atoms with E-state index >= 15 is 0 Å². The number of halogens is 1. The molecule has 2 amide bonds. The third-order valence-corrected chi connectivity index (χ3v) is 3.23. The summed E-state index contributed by atoms with van der Waals surface area (Å²) in [7, 11) is 0. The number of primary amides is 1. The second kappa shape index (κ2) is 5.29. The van der Waals surface area contributed by atoms with E-state index in [1.807, 2.05) is 6.92 Å². The Labute approximate surface area is 108 Å². The Morgan fingerprint density at radius 2 is 2.00 bits per heavy atom. The molecule has 0 aliphatic heterocycles. The lowest BCUT2D eigenvalue weighted by Crippen LogP contribution is -2.29. The Hall–Kier alpha value is -1.40. The fourth-order valence-corrected chi connectivity index (χ4v) is 1.79. The number of hydrogen-bond donors (Lipinski definition) is 3. The van der Waals surface area contributed by atoms with E-state index in [4.69, 9.17) is 11.5 Å². The van der Waals surface area contributed by atoms with E-state index in [-0.39, 0.29) is 5.91 Å². The maximum atomic E-state index is 11.1. The molecule has 5 nitrogen and oxygen atoms in total. The fourth-order valence-electron chi connectivity index (χ4n) is 1.46. The Bertz CT molecular complexity index is 474. The highest BCUT2D eigenvalue weighted by atomic mass is 79.9. The molecule has 1 atom stereocenters. The molecule has 92 valence electrons.